The molecule has 1 amide bonds. The van der Waals surface area contributed by atoms with Gasteiger partial charge in [0.2, 0.25) is 0 Å². The Morgan fingerprint density at radius 1 is 1.17 bits per heavy atom. The minimum Gasteiger partial charge on any atom is -0.309 e. The van der Waals surface area contributed by atoms with Crippen molar-refractivity contribution in [3.05, 3.63) is 58.1 Å². The molecule has 3 aromatic rings. The van der Waals surface area contributed by atoms with E-state index in [9.17, 15) is 18.0 Å². The third-order valence-corrected chi connectivity index (χ3v) is 5.78. The highest BCUT2D eigenvalue weighted by Crippen LogP contribution is 2.34. The molecular weight excluding hydrogens is 435 g/mol. The molecule has 4 nitrogen and oxygen atoms in total. The number of thiazole rings is 1. The van der Waals surface area contributed by atoms with E-state index in [2.05, 4.69) is 4.98 Å². The molecule has 0 N–H and O–H groups in total. The Balaban J connectivity index is 2.00. The fourth-order valence-electron chi connectivity index (χ4n) is 3.07. The van der Waals surface area contributed by atoms with Gasteiger partial charge >= 0.3 is 6.18 Å². The Kier molecular flexibility index (Phi) is 6.69. The number of hydrogen-bond donors (Lipinski definition) is 0. The van der Waals surface area contributed by atoms with Crippen LogP contribution in [0.15, 0.2) is 36.4 Å². The highest BCUT2D eigenvalue weighted by atomic mass is 35.5. The van der Waals surface area contributed by atoms with E-state index in [1.165, 1.54) is 28.4 Å². The van der Waals surface area contributed by atoms with Crippen LogP contribution in [0.5, 0.6) is 0 Å². The lowest BCUT2D eigenvalue weighted by Crippen LogP contribution is -2.33. The lowest BCUT2D eigenvalue weighted by molar-refractivity contribution is -0.137. The number of halogens is 4. The zero-order chi connectivity index (χ0) is 22.1. The van der Waals surface area contributed by atoms with Crippen molar-refractivity contribution in [2.45, 2.75) is 19.5 Å². The van der Waals surface area contributed by atoms with Crippen molar-refractivity contribution < 1.29 is 18.0 Å². The fraction of sp³-hybridized carbons (Fsp3) is 0.333. The molecule has 0 radical (unpaired) electrons. The molecule has 0 fully saturated rings. The summed E-state index contributed by atoms with van der Waals surface area (Å²) in [6.45, 7) is 2.94. The van der Waals surface area contributed by atoms with Crippen molar-refractivity contribution in [1.82, 2.24) is 9.88 Å². The van der Waals surface area contributed by atoms with Gasteiger partial charge in [0.25, 0.3) is 5.91 Å². The number of carbonyl (C=O) groups is 1. The van der Waals surface area contributed by atoms with Gasteiger partial charge in [0.1, 0.15) is 0 Å². The van der Waals surface area contributed by atoms with Crippen molar-refractivity contribution in [3.63, 3.8) is 0 Å². The minimum atomic E-state index is -4.52. The average Bonchev–Trinajstić information content (AvgIpc) is 3.08. The van der Waals surface area contributed by atoms with Gasteiger partial charge < -0.3 is 4.90 Å². The summed E-state index contributed by atoms with van der Waals surface area (Å²) in [5.41, 5.74) is 0.728. The molecule has 0 spiro atoms. The van der Waals surface area contributed by atoms with E-state index < -0.39 is 17.6 Å². The zero-order valence-electron chi connectivity index (χ0n) is 16.8. The van der Waals surface area contributed by atoms with E-state index in [-0.39, 0.29) is 5.56 Å². The predicted octanol–water partition coefficient (Wildman–Crippen LogP) is 5.88. The number of aromatic nitrogens is 1. The second-order valence-corrected chi connectivity index (χ2v) is 8.70. The fourth-order valence-corrected chi connectivity index (χ4v) is 4.52. The number of aryl methyl sites for hydroxylation is 1. The van der Waals surface area contributed by atoms with Crippen molar-refractivity contribution in [2.24, 2.45) is 0 Å². The summed E-state index contributed by atoms with van der Waals surface area (Å²) in [6.07, 6.45) is -3.87. The molecule has 3 rings (SSSR count). The largest absolute Gasteiger partial charge is 0.416 e. The van der Waals surface area contributed by atoms with Crippen LogP contribution in [0.1, 0.15) is 27.9 Å². The van der Waals surface area contributed by atoms with Crippen LogP contribution < -0.4 is 4.90 Å². The lowest BCUT2D eigenvalue weighted by atomic mass is 10.1. The highest BCUT2D eigenvalue weighted by Gasteiger charge is 2.31. The van der Waals surface area contributed by atoms with E-state index in [1.807, 2.05) is 25.9 Å². The van der Waals surface area contributed by atoms with Crippen LogP contribution in [0.25, 0.3) is 10.2 Å². The highest BCUT2D eigenvalue weighted by molar-refractivity contribution is 7.22. The van der Waals surface area contributed by atoms with Crippen molar-refractivity contribution in [1.29, 1.82) is 0 Å². The summed E-state index contributed by atoms with van der Waals surface area (Å²) in [4.78, 5) is 21.2. The molecule has 1 aromatic heterocycles. The number of anilines is 1. The van der Waals surface area contributed by atoms with Gasteiger partial charge in [-0.3, -0.25) is 9.69 Å². The zero-order valence-corrected chi connectivity index (χ0v) is 18.3. The minimum absolute atomic E-state index is 0.0244. The number of fused-ring (bicyclic) bond motifs is 1. The Morgan fingerprint density at radius 3 is 2.57 bits per heavy atom. The van der Waals surface area contributed by atoms with Gasteiger partial charge in [0.15, 0.2) is 5.13 Å². The molecule has 0 saturated carbocycles. The molecular formula is C21H21ClF3N3OS. The van der Waals surface area contributed by atoms with Gasteiger partial charge in [-0.05, 0) is 69.9 Å². The van der Waals surface area contributed by atoms with E-state index in [1.54, 1.807) is 12.1 Å². The Morgan fingerprint density at radius 2 is 1.90 bits per heavy atom. The van der Waals surface area contributed by atoms with Gasteiger partial charge in [-0.15, -0.1) is 0 Å². The standard InChI is InChI=1S/C21H21ClF3N3OS/c1-13-10-16(22)12-17-18(13)26-20(30-17)28(9-5-8-27(2)3)19(29)14-6-4-7-15(11-14)21(23,24)25/h4,6-7,10-12H,5,8-9H2,1-3H3. The number of alkyl halides is 3. The molecule has 0 aliphatic rings. The molecule has 2 aromatic carbocycles. The van der Waals surface area contributed by atoms with Crippen LogP contribution in [0.4, 0.5) is 18.3 Å². The van der Waals surface area contributed by atoms with E-state index in [4.69, 9.17) is 11.6 Å². The lowest BCUT2D eigenvalue weighted by Gasteiger charge is -2.21. The van der Waals surface area contributed by atoms with Gasteiger partial charge in [-0.2, -0.15) is 13.2 Å². The molecule has 0 saturated heterocycles. The van der Waals surface area contributed by atoms with Gasteiger partial charge in [-0.25, -0.2) is 4.98 Å². The van der Waals surface area contributed by atoms with Crippen LogP contribution in [0.2, 0.25) is 5.02 Å². The molecule has 1 heterocycles. The van der Waals surface area contributed by atoms with Crippen molar-refractivity contribution in [3.8, 4) is 0 Å². The number of rotatable bonds is 6. The number of hydrogen-bond acceptors (Lipinski definition) is 4. The van der Waals surface area contributed by atoms with E-state index in [0.29, 0.717) is 23.1 Å². The first-order valence-electron chi connectivity index (χ1n) is 9.27. The number of benzene rings is 2. The molecule has 30 heavy (non-hydrogen) atoms. The Labute approximate surface area is 181 Å². The third kappa shape index (κ3) is 5.11. The van der Waals surface area contributed by atoms with E-state index in [0.717, 1.165) is 34.5 Å². The van der Waals surface area contributed by atoms with E-state index >= 15 is 0 Å². The molecule has 160 valence electrons. The van der Waals surface area contributed by atoms with Gasteiger partial charge in [0, 0.05) is 17.1 Å². The molecule has 0 unspecified atom stereocenters. The topological polar surface area (TPSA) is 36.4 Å². The summed E-state index contributed by atoms with van der Waals surface area (Å²) in [7, 11) is 3.84. The van der Waals surface area contributed by atoms with Crippen LogP contribution in [0.3, 0.4) is 0 Å². The summed E-state index contributed by atoms with van der Waals surface area (Å²) in [5, 5.41) is 1.01. The number of carbonyl (C=O) groups excluding carboxylic acids is 1. The Bertz CT molecular complexity index is 1070. The molecule has 9 heteroatoms. The second-order valence-electron chi connectivity index (χ2n) is 7.26. The second kappa shape index (κ2) is 8.91. The smallest absolute Gasteiger partial charge is 0.309 e. The number of amides is 1. The summed E-state index contributed by atoms with van der Waals surface area (Å²) < 4.78 is 40.2. The first kappa shape index (κ1) is 22.5. The normalized spacial score (nSPS) is 12.0. The first-order chi connectivity index (χ1) is 14.1. The Hall–Kier alpha value is -2.16. The quantitative estimate of drug-likeness (QED) is 0.466. The predicted molar refractivity (Wildman–Crippen MR) is 116 cm³/mol. The molecule has 0 aliphatic heterocycles. The molecule has 0 aliphatic carbocycles. The van der Waals surface area contributed by atoms with Crippen LogP contribution in [-0.4, -0.2) is 43.0 Å². The number of nitrogens with zero attached hydrogens (tertiary/aromatic N) is 3. The molecule has 0 bridgehead atoms. The summed E-state index contributed by atoms with van der Waals surface area (Å²) >= 11 is 7.44. The van der Waals surface area contributed by atoms with Crippen LogP contribution in [-0.2, 0) is 6.18 Å². The third-order valence-electron chi connectivity index (χ3n) is 4.54. The van der Waals surface area contributed by atoms with Gasteiger partial charge in [-0.1, -0.05) is 29.0 Å². The average molecular weight is 456 g/mol. The molecule has 0 atom stereocenters. The van der Waals surface area contributed by atoms with Crippen LogP contribution >= 0.6 is 22.9 Å². The van der Waals surface area contributed by atoms with Crippen molar-refractivity contribution >= 4 is 44.2 Å². The SMILES string of the molecule is Cc1cc(Cl)cc2sc(N(CCCN(C)C)C(=O)c3cccc(C(F)(F)F)c3)nc12. The maximum absolute atomic E-state index is 13.2. The maximum Gasteiger partial charge on any atom is 0.416 e. The van der Waals surface area contributed by atoms with Crippen molar-refractivity contribution in [2.75, 3.05) is 32.1 Å². The summed E-state index contributed by atoms with van der Waals surface area (Å²) in [5.74, 6) is -0.511. The van der Waals surface area contributed by atoms with Gasteiger partial charge in [0.05, 0.1) is 15.8 Å². The monoisotopic (exact) mass is 455 g/mol. The van der Waals surface area contributed by atoms with Crippen LogP contribution in [0, 0.1) is 6.92 Å². The first-order valence-corrected chi connectivity index (χ1v) is 10.5. The summed E-state index contributed by atoms with van der Waals surface area (Å²) in [6, 6.07) is 8.05. The maximum atomic E-state index is 13.2.